The Balaban J connectivity index is 2.87. The molecule has 0 aliphatic rings. The van der Waals surface area contributed by atoms with Gasteiger partial charge in [-0.25, -0.2) is 0 Å². The van der Waals surface area contributed by atoms with Gasteiger partial charge in [-0.05, 0) is 32.0 Å². The number of carbonyl (C=O) groups excluding carboxylic acids is 1. The van der Waals surface area contributed by atoms with Crippen LogP contribution >= 0.6 is 12.2 Å². The fourth-order valence-electron chi connectivity index (χ4n) is 1.60. The maximum Gasteiger partial charge on any atom is 0.227 e. The van der Waals surface area contributed by atoms with Crippen LogP contribution in [0.4, 0.5) is 5.69 Å². The molecule has 20 heavy (non-hydrogen) atoms. The van der Waals surface area contributed by atoms with Crippen LogP contribution in [0.5, 0.6) is 5.75 Å². The van der Waals surface area contributed by atoms with E-state index in [-0.39, 0.29) is 17.3 Å². The molecule has 0 aromatic heterocycles. The molecular weight excluding hydrogens is 276 g/mol. The third-order valence-corrected chi connectivity index (χ3v) is 3.13. The van der Waals surface area contributed by atoms with Crippen LogP contribution in [0.1, 0.15) is 25.8 Å². The Morgan fingerprint density at radius 3 is 2.55 bits per heavy atom. The highest BCUT2D eigenvalue weighted by Gasteiger charge is 2.21. The highest BCUT2D eigenvalue weighted by molar-refractivity contribution is 7.80. The van der Waals surface area contributed by atoms with Crippen molar-refractivity contribution in [1.82, 2.24) is 0 Å². The van der Waals surface area contributed by atoms with Crippen molar-refractivity contribution in [2.75, 3.05) is 19.5 Å². The van der Waals surface area contributed by atoms with Gasteiger partial charge in [0.25, 0.3) is 0 Å². The summed E-state index contributed by atoms with van der Waals surface area (Å²) in [5.74, 6) is 0.358. The minimum Gasteiger partial charge on any atom is -0.495 e. The number of rotatable bonds is 6. The lowest BCUT2D eigenvalue weighted by Gasteiger charge is -2.22. The molecule has 0 unspecified atom stereocenters. The average Bonchev–Trinajstić information content (AvgIpc) is 2.38. The molecule has 1 aromatic carbocycles. The van der Waals surface area contributed by atoms with Crippen LogP contribution in [0.3, 0.4) is 0 Å². The molecule has 1 amide bonds. The molecule has 0 aliphatic heterocycles. The first-order valence-electron chi connectivity index (χ1n) is 6.12. The molecule has 0 radical (unpaired) electrons. The monoisotopic (exact) mass is 296 g/mol. The highest BCUT2D eigenvalue weighted by atomic mass is 32.1. The van der Waals surface area contributed by atoms with Gasteiger partial charge in [-0.2, -0.15) is 0 Å². The van der Waals surface area contributed by atoms with Gasteiger partial charge in [0, 0.05) is 12.7 Å². The van der Waals surface area contributed by atoms with Gasteiger partial charge >= 0.3 is 0 Å². The number of thiocarbonyl (C=S) groups is 1. The topological polar surface area (TPSA) is 73.6 Å². The fraction of sp³-hybridized carbons (Fsp3) is 0.429. The lowest BCUT2D eigenvalue weighted by molar-refractivity contribution is -0.121. The first-order chi connectivity index (χ1) is 9.29. The summed E-state index contributed by atoms with van der Waals surface area (Å²) in [4.78, 5) is 12.3. The lowest BCUT2D eigenvalue weighted by Crippen LogP contribution is -2.29. The van der Waals surface area contributed by atoms with Crippen molar-refractivity contribution >= 4 is 28.8 Å². The molecule has 0 atom stereocenters. The number of nitrogens with one attached hydrogen (secondary N) is 1. The number of benzene rings is 1. The molecule has 0 heterocycles. The van der Waals surface area contributed by atoms with Crippen molar-refractivity contribution in [2.24, 2.45) is 5.73 Å². The second-order valence-corrected chi connectivity index (χ2v) is 5.41. The van der Waals surface area contributed by atoms with E-state index >= 15 is 0 Å². The van der Waals surface area contributed by atoms with E-state index in [9.17, 15) is 4.79 Å². The van der Waals surface area contributed by atoms with E-state index in [2.05, 4.69) is 5.32 Å². The number of nitrogens with two attached hydrogens (primary N) is 1. The van der Waals surface area contributed by atoms with E-state index < -0.39 is 5.60 Å². The second-order valence-electron chi connectivity index (χ2n) is 4.97. The zero-order chi connectivity index (χ0) is 15.3. The van der Waals surface area contributed by atoms with Crippen molar-refractivity contribution in [3.63, 3.8) is 0 Å². The first kappa shape index (κ1) is 16.4. The van der Waals surface area contributed by atoms with Gasteiger partial charge in [-0.15, -0.1) is 0 Å². The largest absolute Gasteiger partial charge is 0.495 e. The average molecular weight is 296 g/mol. The summed E-state index contributed by atoms with van der Waals surface area (Å²) in [5, 5.41) is 2.79. The zero-order valence-electron chi connectivity index (χ0n) is 12.1. The fourth-order valence-corrected chi connectivity index (χ4v) is 1.73. The van der Waals surface area contributed by atoms with E-state index in [1.54, 1.807) is 25.3 Å². The number of carbonyl (C=O) groups is 1. The summed E-state index contributed by atoms with van der Waals surface area (Å²) in [7, 11) is 3.10. The Hall–Kier alpha value is -1.66. The normalized spacial score (nSPS) is 11.0. The molecule has 0 spiro atoms. The predicted molar refractivity (Wildman–Crippen MR) is 83.2 cm³/mol. The summed E-state index contributed by atoms with van der Waals surface area (Å²) in [5.41, 5.74) is 6.30. The van der Waals surface area contributed by atoms with Gasteiger partial charge in [-0.1, -0.05) is 12.2 Å². The van der Waals surface area contributed by atoms with Crippen LogP contribution < -0.4 is 15.8 Å². The third-order valence-electron chi connectivity index (χ3n) is 2.90. The molecule has 0 aliphatic carbocycles. The van der Waals surface area contributed by atoms with Crippen molar-refractivity contribution in [1.29, 1.82) is 0 Å². The highest BCUT2D eigenvalue weighted by Crippen LogP contribution is 2.26. The maximum atomic E-state index is 12.0. The number of amides is 1. The van der Waals surface area contributed by atoms with Crippen LogP contribution in [-0.4, -0.2) is 30.7 Å². The Kier molecular flexibility index (Phi) is 5.47. The minimum atomic E-state index is -0.518. The molecule has 110 valence electrons. The SMILES string of the molecule is COc1cc(C(N)=S)ccc1NC(=O)CC(C)(C)OC. The lowest BCUT2D eigenvalue weighted by atomic mass is 10.0. The van der Waals surface area contributed by atoms with Crippen molar-refractivity contribution in [3.05, 3.63) is 23.8 Å². The molecule has 0 fully saturated rings. The van der Waals surface area contributed by atoms with Gasteiger partial charge in [-0.3, -0.25) is 4.79 Å². The zero-order valence-corrected chi connectivity index (χ0v) is 13.0. The second kappa shape index (κ2) is 6.67. The predicted octanol–water partition coefficient (Wildman–Crippen LogP) is 2.08. The standard InChI is InChI=1S/C14H20N2O3S/c1-14(2,19-4)8-12(17)16-10-6-5-9(13(15)20)7-11(10)18-3/h5-7H,8H2,1-4H3,(H2,15,20)(H,16,17). The van der Waals surface area contributed by atoms with Crippen LogP contribution in [0.2, 0.25) is 0 Å². The van der Waals surface area contributed by atoms with Gasteiger partial charge in [0.1, 0.15) is 10.7 Å². The van der Waals surface area contributed by atoms with Crippen LogP contribution in [-0.2, 0) is 9.53 Å². The molecule has 5 nitrogen and oxygen atoms in total. The molecule has 0 saturated carbocycles. The minimum absolute atomic E-state index is 0.154. The molecule has 6 heteroatoms. The number of hydrogen-bond donors (Lipinski definition) is 2. The van der Waals surface area contributed by atoms with E-state index in [4.69, 9.17) is 27.4 Å². The Morgan fingerprint density at radius 2 is 2.05 bits per heavy atom. The quantitative estimate of drug-likeness (QED) is 0.786. The molecule has 0 saturated heterocycles. The van der Waals surface area contributed by atoms with E-state index in [0.717, 1.165) is 0 Å². The van der Waals surface area contributed by atoms with Crippen LogP contribution in [0.15, 0.2) is 18.2 Å². The maximum absolute atomic E-state index is 12.0. The summed E-state index contributed by atoms with van der Waals surface area (Å²) >= 11 is 4.91. The molecule has 1 aromatic rings. The number of ether oxygens (including phenoxy) is 2. The van der Waals surface area contributed by atoms with Crippen LogP contribution in [0.25, 0.3) is 0 Å². The summed E-state index contributed by atoms with van der Waals surface area (Å²) in [6.45, 7) is 3.69. The summed E-state index contributed by atoms with van der Waals surface area (Å²) in [6.07, 6.45) is 0.240. The molecular formula is C14H20N2O3S. The molecule has 3 N–H and O–H groups in total. The van der Waals surface area contributed by atoms with Crippen molar-refractivity contribution < 1.29 is 14.3 Å². The molecule has 0 bridgehead atoms. The summed E-state index contributed by atoms with van der Waals surface area (Å²) in [6, 6.07) is 5.15. The molecule has 1 rings (SSSR count). The van der Waals surface area contributed by atoms with Gasteiger partial charge in [0.05, 0.1) is 24.8 Å². The summed E-state index contributed by atoms with van der Waals surface area (Å²) < 4.78 is 10.5. The Labute approximate surface area is 124 Å². The van der Waals surface area contributed by atoms with E-state index in [1.807, 2.05) is 13.8 Å². The number of hydrogen-bond acceptors (Lipinski definition) is 4. The first-order valence-corrected chi connectivity index (χ1v) is 6.53. The van der Waals surface area contributed by atoms with Gasteiger partial charge in [0.2, 0.25) is 5.91 Å². The third kappa shape index (κ3) is 4.47. The van der Waals surface area contributed by atoms with Crippen molar-refractivity contribution in [3.8, 4) is 5.75 Å². The smallest absolute Gasteiger partial charge is 0.227 e. The van der Waals surface area contributed by atoms with E-state index in [0.29, 0.717) is 17.0 Å². The van der Waals surface area contributed by atoms with Crippen LogP contribution in [0, 0.1) is 0 Å². The number of anilines is 1. The van der Waals surface area contributed by atoms with E-state index in [1.165, 1.54) is 7.11 Å². The van der Waals surface area contributed by atoms with Gasteiger partial charge in [0.15, 0.2) is 0 Å². The van der Waals surface area contributed by atoms with Crippen molar-refractivity contribution in [2.45, 2.75) is 25.9 Å². The Bertz CT molecular complexity index is 515. The van der Waals surface area contributed by atoms with Gasteiger partial charge < -0.3 is 20.5 Å². The Morgan fingerprint density at radius 1 is 1.40 bits per heavy atom. The number of methoxy groups -OCH3 is 2.